The molecule has 2 heterocycles. The summed E-state index contributed by atoms with van der Waals surface area (Å²) >= 11 is 0. The number of carbonyl (C=O) groups is 4. The standard InChI is InChI=1S/C16H18F3N5O5/c17-16(18,19)15-22-4-2-13(24-15)29-7-11(26)10(23-12(27)6-20-8-25)5-9-1-3-21-14(9)28/h2,4,8-10H,1,3,5-7H2,(H,20,25)(H,21,28)(H,23,27). The molecule has 2 atom stereocenters. The minimum Gasteiger partial charge on any atom is -0.469 e. The van der Waals surface area contributed by atoms with Crippen LogP contribution in [0.5, 0.6) is 5.88 Å². The van der Waals surface area contributed by atoms with E-state index in [1.807, 2.05) is 0 Å². The van der Waals surface area contributed by atoms with Crippen molar-refractivity contribution < 1.29 is 37.1 Å². The summed E-state index contributed by atoms with van der Waals surface area (Å²) in [4.78, 5) is 52.6. The van der Waals surface area contributed by atoms with E-state index in [2.05, 4.69) is 25.9 Å². The number of carbonyl (C=O) groups excluding carboxylic acids is 4. The first-order valence-corrected chi connectivity index (χ1v) is 8.50. The van der Waals surface area contributed by atoms with E-state index in [-0.39, 0.29) is 18.9 Å². The van der Waals surface area contributed by atoms with E-state index in [9.17, 15) is 32.3 Å². The number of rotatable bonds is 10. The van der Waals surface area contributed by atoms with Gasteiger partial charge < -0.3 is 20.7 Å². The quantitative estimate of drug-likeness (QED) is 0.424. The largest absolute Gasteiger partial charge is 0.469 e. The molecule has 10 nitrogen and oxygen atoms in total. The third-order valence-electron chi connectivity index (χ3n) is 4.00. The molecule has 1 aliphatic heterocycles. The van der Waals surface area contributed by atoms with Crippen LogP contribution in [0.3, 0.4) is 0 Å². The number of ether oxygens (including phenoxy) is 1. The van der Waals surface area contributed by atoms with Gasteiger partial charge in [-0.1, -0.05) is 0 Å². The molecule has 1 aliphatic rings. The van der Waals surface area contributed by atoms with E-state index in [4.69, 9.17) is 4.74 Å². The molecule has 3 amide bonds. The van der Waals surface area contributed by atoms with E-state index < -0.39 is 48.1 Å². The zero-order valence-corrected chi connectivity index (χ0v) is 15.0. The lowest BCUT2D eigenvalue weighted by Crippen LogP contribution is -2.47. The van der Waals surface area contributed by atoms with Crippen molar-refractivity contribution in [3.05, 3.63) is 18.1 Å². The van der Waals surface area contributed by atoms with Gasteiger partial charge in [0.2, 0.25) is 29.9 Å². The van der Waals surface area contributed by atoms with Gasteiger partial charge in [-0.3, -0.25) is 19.2 Å². The lowest BCUT2D eigenvalue weighted by atomic mass is 9.96. The van der Waals surface area contributed by atoms with E-state index >= 15 is 0 Å². The predicted octanol–water partition coefficient (Wildman–Crippen LogP) is -0.800. The fourth-order valence-corrected chi connectivity index (χ4v) is 2.61. The van der Waals surface area contributed by atoms with Gasteiger partial charge in [0.15, 0.2) is 12.4 Å². The molecular formula is C16H18F3N5O5. The van der Waals surface area contributed by atoms with Gasteiger partial charge in [0, 0.05) is 24.7 Å². The molecule has 13 heteroatoms. The second-order valence-corrected chi connectivity index (χ2v) is 6.10. The van der Waals surface area contributed by atoms with Crippen LogP contribution in [0, 0.1) is 5.92 Å². The van der Waals surface area contributed by atoms with Crippen LogP contribution in [0.15, 0.2) is 12.3 Å². The van der Waals surface area contributed by atoms with Crippen LogP contribution in [-0.2, 0) is 25.4 Å². The molecule has 158 valence electrons. The number of hydrogen-bond donors (Lipinski definition) is 3. The van der Waals surface area contributed by atoms with E-state index in [1.54, 1.807) is 0 Å². The first-order valence-electron chi connectivity index (χ1n) is 8.50. The van der Waals surface area contributed by atoms with Crippen LogP contribution in [0.1, 0.15) is 18.7 Å². The van der Waals surface area contributed by atoms with Crippen LogP contribution in [0.4, 0.5) is 13.2 Å². The number of nitrogens with zero attached hydrogens (tertiary/aromatic N) is 2. The van der Waals surface area contributed by atoms with Crippen molar-refractivity contribution in [3.8, 4) is 5.88 Å². The highest BCUT2D eigenvalue weighted by Gasteiger charge is 2.35. The first-order chi connectivity index (χ1) is 13.7. The van der Waals surface area contributed by atoms with Gasteiger partial charge in [-0.15, -0.1) is 0 Å². The van der Waals surface area contributed by atoms with Crippen molar-refractivity contribution in [2.24, 2.45) is 5.92 Å². The summed E-state index contributed by atoms with van der Waals surface area (Å²) in [6, 6.07) is -0.0807. The SMILES string of the molecule is O=CNCC(=O)NC(CC1CCNC1=O)C(=O)COc1ccnc(C(F)(F)F)n1. The van der Waals surface area contributed by atoms with Crippen molar-refractivity contribution in [2.75, 3.05) is 19.7 Å². The van der Waals surface area contributed by atoms with E-state index in [0.29, 0.717) is 19.4 Å². The first kappa shape index (κ1) is 22.0. The maximum atomic E-state index is 12.6. The summed E-state index contributed by atoms with van der Waals surface area (Å²) in [6.07, 6.45) is -3.19. The van der Waals surface area contributed by atoms with Gasteiger partial charge >= 0.3 is 6.18 Å². The molecule has 0 aliphatic carbocycles. The Morgan fingerprint density at radius 1 is 1.41 bits per heavy atom. The Hall–Kier alpha value is -3.25. The van der Waals surface area contributed by atoms with Crippen LogP contribution < -0.4 is 20.7 Å². The van der Waals surface area contributed by atoms with Gasteiger partial charge in [0.1, 0.15) is 0 Å². The Kier molecular flexibility index (Phi) is 7.45. The zero-order valence-electron chi connectivity index (χ0n) is 15.0. The van der Waals surface area contributed by atoms with E-state index in [1.165, 1.54) is 0 Å². The summed E-state index contributed by atoms with van der Waals surface area (Å²) in [6.45, 7) is -0.636. The lowest BCUT2D eigenvalue weighted by molar-refractivity contribution is -0.145. The number of aromatic nitrogens is 2. The van der Waals surface area contributed by atoms with Crippen LogP contribution in [-0.4, -0.2) is 59.7 Å². The monoisotopic (exact) mass is 417 g/mol. The minimum absolute atomic E-state index is 0.0154. The molecule has 1 aromatic heterocycles. The van der Waals surface area contributed by atoms with Crippen molar-refractivity contribution in [1.29, 1.82) is 0 Å². The fourth-order valence-electron chi connectivity index (χ4n) is 2.61. The normalized spacial score (nSPS) is 17.2. The zero-order chi connectivity index (χ0) is 21.4. The third-order valence-corrected chi connectivity index (χ3v) is 4.00. The molecule has 29 heavy (non-hydrogen) atoms. The predicted molar refractivity (Wildman–Crippen MR) is 89.3 cm³/mol. The van der Waals surface area contributed by atoms with Gasteiger partial charge in [-0.25, -0.2) is 4.98 Å². The molecule has 1 aromatic rings. The van der Waals surface area contributed by atoms with Crippen molar-refractivity contribution in [3.63, 3.8) is 0 Å². The fraction of sp³-hybridized carbons (Fsp3) is 0.500. The number of alkyl halides is 3. The maximum absolute atomic E-state index is 12.6. The molecule has 0 bridgehead atoms. The van der Waals surface area contributed by atoms with Crippen molar-refractivity contribution >= 4 is 24.0 Å². The molecule has 0 saturated carbocycles. The second-order valence-electron chi connectivity index (χ2n) is 6.10. The molecule has 1 saturated heterocycles. The number of amides is 3. The summed E-state index contributed by atoms with van der Waals surface area (Å²) in [5.74, 6) is -4.01. The second kappa shape index (κ2) is 9.80. The Bertz CT molecular complexity index is 774. The van der Waals surface area contributed by atoms with Crippen LogP contribution in [0.2, 0.25) is 0 Å². The van der Waals surface area contributed by atoms with Crippen molar-refractivity contribution in [2.45, 2.75) is 25.1 Å². The highest BCUT2D eigenvalue weighted by atomic mass is 19.4. The number of nitrogens with one attached hydrogen (secondary N) is 3. The Morgan fingerprint density at radius 2 is 2.17 bits per heavy atom. The molecular weight excluding hydrogens is 399 g/mol. The molecule has 1 fully saturated rings. The summed E-state index contributed by atoms with van der Waals surface area (Å²) in [5, 5.41) is 7.13. The smallest absolute Gasteiger partial charge is 0.451 e. The molecule has 2 unspecified atom stereocenters. The molecule has 0 radical (unpaired) electrons. The summed E-state index contributed by atoms with van der Waals surface area (Å²) in [5.41, 5.74) is 0. The third kappa shape index (κ3) is 6.69. The van der Waals surface area contributed by atoms with Gasteiger partial charge in [-0.2, -0.15) is 18.2 Å². The average molecular weight is 417 g/mol. The molecule has 2 rings (SSSR count). The number of ketones is 1. The molecule has 0 spiro atoms. The Morgan fingerprint density at radius 3 is 2.79 bits per heavy atom. The van der Waals surface area contributed by atoms with Crippen LogP contribution >= 0.6 is 0 Å². The summed E-state index contributed by atoms with van der Waals surface area (Å²) in [7, 11) is 0. The van der Waals surface area contributed by atoms with Gasteiger partial charge in [0.25, 0.3) is 0 Å². The lowest BCUT2D eigenvalue weighted by Gasteiger charge is -2.20. The van der Waals surface area contributed by atoms with Gasteiger partial charge in [0.05, 0.1) is 12.6 Å². The number of hydrogen-bond acceptors (Lipinski definition) is 7. The average Bonchev–Trinajstić information content (AvgIpc) is 3.08. The topological polar surface area (TPSA) is 139 Å². The van der Waals surface area contributed by atoms with Crippen molar-refractivity contribution in [1.82, 2.24) is 25.9 Å². The highest BCUT2D eigenvalue weighted by molar-refractivity contribution is 5.91. The Labute approximate surface area is 162 Å². The number of halogens is 3. The Balaban J connectivity index is 2.02. The maximum Gasteiger partial charge on any atom is 0.451 e. The van der Waals surface area contributed by atoms with Crippen LogP contribution in [0.25, 0.3) is 0 Å². The molecule has 0 aromatic carbocycles. The van der Waals surface area contributed by atoms with Gasteiger partial charge in [-0.05, 0) is 12.8 Å². The minimum atomic E-state index is -4.78. The van der Waals surface area contributed by atoms with E-state index in [0.717, 1.165) is 12.3 Å². The summed E-state index contributed by atoms with van der Waals surface area (Å²) < 4.78 is 42.9. The number of Topliss-reactive ketones (excluding diaryl/α,β-unsaturated/α-hetero) is 1. The molecule has 3 N–H and O–H groups in total. The highest BCUT2D eigenvalue weighted by Crippen LogP contribution is 2.26.